The molecule has 56 heavy (non-hydrogen) atoms. The van der Waals surface area contributed by atoms with E-state index in [0.29, 0.717) is 6.42 Å². The maximum Gasteiger partial charge on any atom is 0.411 e. The van der Waals surface area contributed by atoms with Gasteiger partial charge in [0.2, 0.25) is 17.7 Å². The van der Waals surface area contributed by atoms with E-state index >= 15 is 0 Å². The van der Waals surface area contributed by atoms with Crippen molar-refractivity contribution in [3.8, 4) is 11.8 Å². The molecule has 0 spiro atoms. The molecule has 0 radical (unpaired) electrons. The number of sulfone groups is 2. The first-order valence-electron chi connectivity index (χ1n) is 15.7. The van der Waals surface area contributed by atoms with E-state index in [2.05, 4.69) is 25.0 Å². The van der Waals surface area contributed by atoms with Crippen LogP contribution in [0.1, 0.15) is 42.1 Å². The van der Waals surface area contributed by atoms with Crippen molar-refractivity contribution in [1.29, 1.82) is 0 Å². The standard InChI is InChI=1S/C17H16ClF3O6S.C14H17N5O7S2/c1-28(25,26)13-6-5-9(15(18)10(13)7-27-8-17(19,20)21)16(24)14-11(22)3-2-4-12(14)23;1-4-27(21,22)9-6-5-7-15-12(9)28(23,24)19-14(20)18-13-16-10(25-2)8-11(17-13)26-3/h5-6,14H,2-4,7-8H2,1H3;5-8H,4H2,1-3H3,(H2,16,17,18,19,20). The number of carbonyl (C=O) groups excluding carboxylic acids is 4. The molecule has 1 aromatic carbocycles. The molecule has 2 N–H and O–H groups in total. The van der Waals surface area contributed by atoms with Gasteiger partial charge in [-0.05, 0) is 30.7 Å². The van der Waals surface area contributed by atoms with Gasteiger partial charge in [0.05, 0.1) is 42.6 Å². The minimum absolute atomic E-state index is 0.0444. The molecule has 0 unspecified atom stereocenters. The summed E-state index contributed by atoms with van der Waals surface area (Å²) in [5.74, 6) is -4.11. The fourth-order valence-electron chi connectivity index (χ4n) is 4.83. The van der Waals surface area contributed by atoms with Crippen molar-refractivity contribution in [1.82, 2.24) is 19.7 Å². The third-order valence-corrected chi connectivity index (χ3v) is 12.2. The Bertz CT molecular complexity index is 2310. The Labute approximate surface area is 323 Å². The number of amides is 2. The largest absolute Gasteiger partial charge is 0.481 e. The number of Topliss-reactive ketones (excluding diaryl/α,β-unsaturated/α-hetero) is 3. The molecule has 0 atom stereocenters. The number of methoxy groups -OCH3 is 2. The summed E-state index contributed by atoms with van der Waals surface area (Å²) in [6.45, 7) is -1.12. The molecule has 1 aliphatic rings. The first-order chi connectivity index (χ1) is 25.9. The highest BCUT2D eigenvalue weighted by Gasteiger charge is 2.38. The molecule has 0 saturated heterocycles. The number of urea groups is 1. The molecule has 1 aliphatic carbocycles. The smallest absolute Gasteiger partial charge is 0.411 e. The Morgan fingerprint density at radius 1 is 0.946 bits per heavy atom. The van der Waals surface area contributed by atoms with Crippen molar-refractivity contribution < 1.29 is 71.8 Å². The maximum atomic E-state index is 12.7. The number of hydrogen-bond donors (Lipinski definition) is 2. The first-order valence-corrected chi connectivity index (χ1v) is 21.1. The lowest BCUT2D eigenvalue weighted by atomic mass is 9.81. The zero-order valence-corrected chi connectivity index (χ0v) is 32.9. The predicted octanol–water partition coefficient (Wildman–Crippen LogP) is 3.14. The summed E-state index contributed by atoms with van der Waals surface area (Å²) >= 11 is 6.11. The third-order valence-electron chi connectivity index (χ3n) is 7.39. The second-order valence-corrected chi connectivity index (χ2v) is 17.6. The number of rotatable bonds is 13. The zero-order valence-electron chi connectivity index (χ0n) is 29.7. The van der Waals surface area contributed by atoms with Crippen LogP contribution in [-0.2, 0) is 50.6 Å². The molecular weight excluding hydrogens is 839 g/mol. The molecule has 0 bridgehead atoms. The van der Waals surface area contributed by atoms with Gasteiger partial charge in [0.15, 0.2) is 42.1 Å². The van der Waals surface area contributed by atoms with Gasteiger partial charge in [0.25, 0.3) is 10.0 Å². The second kappa shape index (κ2) is 18.4. The van der Waals surface area contributed by atoms with Crippen LogP contribution in [0.2, 0.25) is 5.02 Å². The van der Waals surface area contributed by atoms with Crippen LogP contribution in [0, 0.1) is 5.92 Å². The summed E-state index contributed by atoms with van der Waals surface area (Å²) in [5, 5.41) is 0.848. The van der Waals surface area contributed by atoms with Crippen LogP contribution in [0.3, 0.4) is 0 Å². The van der Waals surface area contributed by atoms with Gasteiger partial charge in [-0.2, -0.15) is 31.6 Å². The minimum atomic E-state index is -4.65. The van der Waals surface area contributed by atoms with E-state index in [-0.39, 0.29) is 47.4 Å². The Morgan fingerprint density at radius 2 is 1.54 bits per heavy atom. The van der Waals surface area contributed by atoms with E-state index in [0.717, 1.165) is 30.7 Å². The summed E-state index contributed by atoms with van der Waals surface area (Å²) in [7, 11) is -9.75. The van der Waals surface area contributed by atoms with Crippen molar-refractivity contribution in [2.45, 2.75) is 53.8 Å². The van der Waals surface area contributed by atoms with Crippen LogP contribution < -0.4 is 19.5 Å². The van der Waals surface area contributed by atoms with Crippen molar-refractivity contribution in [3.05, 3.63) is 52.7 Å². The van der Waals surface area contributed by atoms with Crippen LogP contribution in [0.15, 0.2) is 51.3 Å². The van der Waals surface area contributed by atoms with Gasteiger partial charge in [-0.15, -0.1) is 0 Å². The van der Waals surface area contributed by atoms with E-state index < -0.39 is 98.2 Å². The average molecular weight is 872 g/mol. The molecule has 4 rings (SSSR count). The molecule has 2 amide bonds. The van der Waals surface area contributed by atoms with Gasteiger partial charge in [-0.1, -0.05) is 18.5 Å². The molecule has 2 aromatic heterocycles. The number of sulfonamides is 1. The number of carbonyl (C=O) groups is 4. The quantitative estimate of drug-likeness (QED) is 0.185. The van der Waals surface area contributed by atoms with Crippen LogP contribution in [0.4, 0.5) is 23.9 Å². The number of pyridine rings is 1. The fourth-order valence-corrected chi connectivity index (χ4v) is 8.68. The van der Waals surface area contributed by atoms with Gasteiger partial charge in [0.1, 0.15) is 17.4 Å². The van der Waals surface area contributed by atoms with Crippen molar-refractivity contribution in [2.75, 3.05) is 38.2 Å². The van der Waals surface area contributed by atoms with E-state index in [9.17, 15) is 57.6 Å². The number of halogens is 4. The molecule has 306 valence electrons. The number of nitrogens with one attached hydrogen (secondary N) is 2. The summed E-state index contributed by atoms with van der Waals surface area (Å²) < 4.78 is 126. The lowest BCUT2D eigenvalue weighted by molar-refractivity contribution is -0.176. The van der Waals surface area contributed by atoms with Crippen LogP contribution in [0.25, 0.3) is 0 Å². The van der Waals surface area contributed by atoms with E-state index in [4.69, 9.17) is 21.1 Å². The van der Waals surface area contributed by atoms with Crippen LogP contribution in [-0.4, -0.2) is 103 Å². The number of ether oxygens (including phenoxy) is 3. The number of ketones is 3. The van der Waals surface area contributed by atoms with Gasteiger partial charge >= 0.3 is 12.2 Å². The molecule has 25 heteroatoms. The third kappa shape index (κ3) is 11.9. The Morgan fingerprint density at radius 3 is 2.05 bits per heavy atom. The van der Waals surface area contributed by atoms with Crippen molar-refractivity contribution >= 4 is 70.6 Å². The number of anilines is 1. The number of aromatic nitrogens is 3. The normalized spacial score (nSPS) is 14.0. The monoisotopic (exact) mass is 871 g/mol. The number of alkyl halides is 3. The highest BCUT2D eigenvalue weighted by atomic mass is 35.5. The van der Waals surface area contributed by atoms with Gasteiger partial charge in [0, 0.05) is 36.4 Å². The average Bonchev–Trinajstić information content (AvgIpc) is 3.10. The number of benzene rings is 1. The second-order valence-electron chi connectivity index (χ2n) is 11.4. The van der Waals surface area contributed by atoms with E-state index in [1.165, 1.54) is 33.3 Å². The molecule has 18 nitrogen and oxygen atoms in total. The first kappa shape index (κ1) is 45.6. The summed E-state index contributed by atoms with van der Waals surface area (Å²) in [6, 6.07) is 4.52. The molecule has 3 aromatic rings. The van der Waals surface area contributed by atoms with E-state index in [1.807, 2.05) is 0 Å². The van der Waals surface area contributed by atoms with E-state index in [1.54, 1.807) is 4.72 Å². The van der Waals surface area contributed by atoms with Gasteiger partial charge < -0.3 is 14.2 Å². The Balaban J connectivity index is 0.000000300. The highest BCUT2D eigenvalue weighted by molar-refractivity contribution is 7.93. The lowest BCUT2D eigenvalue weighted by Crippen LogP contribution is -2.36. The van der Waals surface area contributed by atoms with Gasteiger partial charge in [-0.25, -0.2) is 31.3 Å². The fraction of sp³-hybridized carbons (Fsp3) is 0.387. The van der Waals surface area contributed by atoms with Crippen LogP contribution in [0.5, 0.6) is 11.8 Å². The summed E-state index contributed by atoms with van der Waals surface area (Å²) in [6.07, 6.45) is -2.31. The highest BCUT2D eigenvalue weighted by Crippen LogP contribution is 2.32. The molecule has 1 saturated carbocycles. The topological polar surface area (TPSA) is 261 Å². The molecule has 1 fully saturated rings. The Hall–Kier alpha value is -4.78. The predicted molar refractivity (Wildman–Crippen MR) is 188 cm³/mol. The summed E-state index contributed by atoms with van der Waals surface area (Å²) in [5.41, 5.74) is -0.650. The lowest BCUT2D eigenvalue weighted by Gasteiger charge is -2.20. The minimum Gasteiger partial charge on any atom is -0.481 e. The van der Waals surface area contributed by atoms with Crippen LogP contribution >= 0.6 is 11.6 Å². The molecular formula is C31H33ClF3N5O13S3. The Kier molecular flexibility index (Phi) is 15.0. The number of hydrogen-bond acceptors (Lipinski definition) is 16. The zero-order chi connectivity index (χ0) is 42.2. The number of nitrogens with zero attached hydrogens (tertiary/aromatic N) is 3. The SMILES string of the molecule is CCS(=O)(=O)c1cccnc1S(=O)(=O)NC(=O)Nc1nc(OC)cc(OC)n1.CS(=O)(=O)c1ccc(C(=O)C2C(=O)CCCC2=O)c(Cl)c1COCC(F)(F)F. The summed E-state index contributed by atoms with van der Waals surface area (Å²) in [4.78, 5) is 59.1. The molecule has 0 aliphatic heterocycles. The van der Waals surface area contributed by atoms with Gasteiger partial charge in [-0.3, -0.25) is 19.7 Å². The van der Waals surface area contributed by atoms with Crippen molar-refractivity contribution in [2.24, 2.45) is 5.92 Å². The maximum absolute atomic E-state index is 12.7. The van der Waals surface area contributed by atoms with Crippen molar-refractivity contribution in [3.63, 3.8) is 0 Å². The molecule has 2 heterocycles.